The molecule has 1 fully saturated rings. The summed E-state index contributed by atoms with van der Waals surface area (Å²) in [5.74, 6) is 1.47. The molecule has 0 aromatic carbocycles. The molecule has 2 unspecified atom stereocenters. The molecule has 4 nitrogen and oxygen atoms in total. The first kappa shape index (κ1) is 10.6. The van der Waals surface area contributed by atoms with Crippen molar-refractivity contribution < 1.29 is 4.74 Å². The smallest absolute Gasteiger partial charge is 0.138 e. The summed E-state index contributed by atoms with van der Waals surface area (Å²) in [6, 6.07) is 0. The van der Waals surface area contributed by atoms with Gasteiger partial charge >= 0.3 is 0 Å². The minimum atomic E-state index is 0.0463. The number of hydrogen-bond donors (Lipinski definition) is 0. The number of aromatic nitrogens is 3. The Morgan fingerprint density at radius 2 is 2.20 bits per heavy atom. The standard InChI is InChI=1S/C11H19N3O/c1-8-5-9(6-15-8)10-13-12-7-14(10)11(2,3)4/h7-9H,5-6H2,1-4H3. The van der Waals surface area contributed by atoms with Gasteiger partial charge in [-0.05, 0) is 34.1 Å². The summed E-state index contributed by atoms with van der Waals surface area (Å²) in [5.41, 5.74) is 0.0463. The van der Waals surface area contributed by atoms with Gasteiger partial charge in [0.1, 0.15) is 12.2 Å². The zero-order valence-electron chi connectivity index (χ0n) is 9.90. The molecule has 1 aromatic rings. The van der Waals surface area contributed by atoms with Crippen molar-refractivity contribution in [3.05, 3.63) is 12.2 Å². The molecule has 0 amide bonds. The normalized spacial score (nSPS) is 27.2. The van der Waals surface area contributed by atoms with Gasteiger partial charge in [-0.3, -0.25) is 0 Å². The number of ether oxygens (including phenoxy) is 1. The Labute approximate surface area is 90.7 Å². The average molecular weight is 209 g/mol. The summed E-state index contributed by atoms with van der Waals surface area (Å²) in [6.07, 6.45) is 3.22. The molecule has 1 aliphatic heterocycles. The fourth-order valence-corrected chi connectivity index (χ4v) is 2.04. The predicted molar refractivity (Wildman–Crippen MR) is 57.8 cm³/mol. The summed E-state index contributed by atoms with van der Waals surface area (Å²) >= 11 is 0. The van der Waals surface area contributed by atoms with E-state index in [9.17, 15) is 0 Å². The minimum Gasteiger partial charge on any atom is -0.378 e. The Kier molecular flexibility index (Phi) is 2.54. The van der Waals surface area contributed by atoms with E-state index in [0.29, 0.717) is 12.0 Å². The van der Waals surface area contributed by atoms with E-state index in [1.807, 2.05) is 6.33 Å². The van der Waals surface area contributed by atoms with Crippen LogP contribution in [0.3, 0.4) is 0 Å². The van der Waals surface area contributed by atoms with E-state index in [1.54, 1.807) is 0 Å². The minimum absolute atomic E-state index is 0.0463. The van der Waals surface area contributed by atoms with Gasteiger partial charge in [-0.2, -0.15) is 0 Å². The topological polar surface area (TPSA) is 39.9 Å². The van der Waals surface area contributed by atoms with E-state index in [0.717, 1.165) is 18.9 Å². The van der Waals surface area contributed by atoms with Gasteiger partial charge in [-0.15, -0.1) is 10.2 Å². The highest BCUT2D eigenvalue weighted by Crippen LogP contribution is 2.30. The van der Waals surface area contributed by atoms with Crippen molar-refractivity contribution >= 4 is 0 Å². The zero-order chi connectivity index (χ0) is 11.1. The highest BCUT2D eigenvalue weighted by molar-refractivity contribution is 5.02. The van der Waals surface area contributed by atoms with Gasteiger partial charge in [0.15, 0.2) is 0 Å². The maximum Gasteiger partial charge on any atom is 0.138 e. The van der Waals surface area contributed by atoms with E-state index < -0.39 is 0 Å². The van der Waals surface area contributed by atoms with Crippen LogP contribution in [0, 0.1) is 0 Å². The van der Waals surface area contributed by atoms with Crippen LogP contribution in [0.25, 0.3) is 0 Å². The summed E-state index contributed by atoms with van der Waals surface area (Å²) in [6.45, 7) is 9.38. The fourth-order valence-electron chi connectivity index (χ4n) is 2.04. The first-order valence-electron chi connectivity index (χ1n) is 5.50. The molecule has 0 spiro atoms. The van der Waals surface area contributed by atoms with E-state index in [2.05, 4.69) is 42.5 Å². The third-order valence-electron chi connectivity index (χ3n) is 2.86. The van der Waals surface area contributed by atoms with E-state index in [4.69, 9.17) is 4.74 Å². The lowest BCUT2D eigenvalue weighted by molar-refractivity contribution is 0.123. The van der Waals surface area contributed by atoms with Gasteiger partial charge in [-0.25, -0.2) is 0 Å². The van der Waals surface area contributed by atoms with Crippen LogP contribution in [-0.4, -0.2) is 27.5 Å². The first-order valence-corrected chi connectivity index (χ1v) is 5.50. The molecule has 0 aliphatic carbocycles. The van der Waals surface area contributed by atoms with Crippen molar-refractivity contribution in [3.63, 3.8) is 0 Å². The lowest BCUT2D eigenvalue weighted by atomic mass is 10.0. The Hall–Kier alpha value is -0.900. The largest absolute Gasteiger partial charge is 0.378 e. The van der Waals surface area contributed by atoms with Crippen LogP contribution in [0.5, 0.6) is 0 Å². The molecule has 2 atom stereocenters. The SMILES string of the molecule is CC1CC(c2nncn2C(C)(C)C)CO1. The number of hydrogen-bond acceptors (Lipinski definition) is 3. The highest BCUT2D eigenvalue weighted by Gasteiger charge is 2.30. The Morgan fingerprint density at radius 1 is 1.47 bits per heavy atom. The molecular formula is C11H19N3O. The summed E-state index contributed by atoms with van der Waals surface area (Å²) in [4.78, 5) is 0. The second kappa shape index (κ2) is 3.59. The van der Waals surface area contributed by atoms with Crippen LogP contribution in [0.4, 0.5) is 0 Å². The highest BCUT2D eigenvalue weighted by atomic mass is 16.5. The second-order valence-corrected chi connectivity index (χ2v) is 5.31. The molecular weight excluding hydrogens is 190 g/mol. The third kappa shape index (κ3) is 2.04. The monoisotopic (exact) mass is 209 g/mol. The Bertz CT molecular complexity index is 340. The van der Waals surface area contributed by atoms with Gasteiger partial charge in [0.25, 0.3) is 0 Å². The van der Waals surface area contributed by atoms with Gasteiger partial charge in [0, 0.05) is 11.5 Å². The maximum absolute atomic E-state index is 5.58. The van der Waals surface area contributed by atoms with Crippen molar-refractivity contribution in [2.24, 2.45) is 0 Å². The molecule has 0 radical (unpaired) electrons. The second-order valence-electron chi connectivity index (χ2n) is 5.31. The lowest BCUT2D eigenvalue weighted by Crippen LogP contribution is -2.25. The van der Waals surface area contributed by atoms with Crippen LogP contribution < -0.4 is 0 Å². The van der Waals surface area contributed by atoms with Crippen molar-refractivity contribution in [2.45, 2.75) is 51.7 Å². The van der Waals surface area contributed by atoms with Crippen LogP contribution >= 0.6 is 0 Å². The molecule has 0 N–H and O–H groups in total. The van der Waals surface area contributed by atoms with Crippen molar-refractivity contribution in [1.82, 2.24) is 14.8 Å². The van der Waals surface area contributed by atoms with Gasteiger partial charge in [-0.1, -0.05) is 0 Å². The maximum atomic E-state index is 5.58. The molecule has 0 saturated carbocycles. The average Bonchev–Trinajstić information content (AvgIpc) is 2.68. The van der Waals surface area contributed by atoms with Crippen molar-refractivity contribution in [3.8, 4) is 0 Å². The summed E-state index contributed by atoms with van der Waals surface area (Å²) in [7, 11) is 0. The van der Waals surface area contributed by atoms with E-state index >= 15 is 0 Å². The summed E-state index contributed by atoms with van der Waals surface area (Å²) in [5, 5.41) is 8.25. The lowest BCUT2D eigenvalue weighted by Gasteiger charge is -2.23. The summed E-state index contributed by atoms with van der Waals surface area (Å²) < 4.78 is 7.73. The first-order chi connectivity index (χ1) is 6.98. The van der Waals surface area contributed by atoms with Crippen LogP contribution in [0.1, 0.15) is 45.9 Å². The quantitative estimate of drug-likeness (QED) is 0.709. The van der Waals surface area contributed by atoms with E-state index in [1.165, 1.54) is 0 Å². The molecule has 1 aliphatic rings. The Morgan fingerprint density at radius 3 is 2.73 bits per heavy atom. The van der Waals surface area contributed by atoms with Crippen LogP contribution in [0.15, 0.2) is 6.33 Å². The molecule has 1 aromatic heterocycles. The van der Waals surface area contributed by atoms with Gasteiger partial charge in [0.05, 0.1) is 12.7 Å². The molecule has 84 valence electrons. The van der Waals surface area contributed by atoms with E-state index in [-0.39, 0.29) is 5.54 Å². The molecule has 15 heavy (non-hydrogen) atoms. The van der Waals surface area contributed by atoms with Gasteiger partial charge in [0.2, 0.25) is 0 Å². The van der Waals surface area contributed by atoms with Crippen molar-refractivity contribution in [1.29, 1.82) is 0 Å². The molecule has 2 rings (SSSR count). The fraction of sp³-hybridized carbons (Fsp3) is 0.818. The third-order valence-corrected chi connectivity index (χ3v) is 2.86. The predicted octanol–water partition coefficient (Wildman–Crippen LogP) is 1.93. The zero-order valence-corrected chi connectivity index (χ0v) is 9.90. The molecule has 2 heterocycles. The van der Waals surface area contributed by atoms with Crippen LogP contribution in [0.2, 0.25) is 0 Å². The molecule has 1 saturated heterocycles. The molecule has 0 bridgehead atoms. The Balaban J connectivity index is 2.25. The molecule has 4 heteroatoms. The van der Waals surface area contributed by atoms with Gasteiger partial charge < -0.3 is 9.30 Å². The number of nitrogens with zero attached hydrogens (tertiary/aromatic N) is 3. The number of rotatable bonds is 1. The van der Waals surface area contributed by atoms with Crippen LogP contribution in [-0.2, 0) is 10.3 Å². The van der Waals surface area contributed by atoms with Crippen molar-refractivity contribution in [2.75, 3.05) is 6.61 Å².